The zero-order chi connectivity index (χ0) is 15.7. The van der Waals surface area contributed by atoms with E-state index in [-0.39, 0.29) is 0 Å². The molecule has 0 atom stereocenters. The van der Waals surface area contributed by atoms with Gasteiger partial charge in [-0.3, -0.25) is 0 Å². The zero-order valence-corrected chi connectivity index (χ0v) is 14.5. The molecule has 0 fully saturated rings. The van der Waals surface area contributed by atoms with Crippen LogP contribution >= 0.6 is 0 Å². The van der Waals surface area contributed by atoms with Crippen molar-refractivity contribution in [1.29, 1.82) is 0 Å². The Morgan fingerprint density at radius 3 is 2.00 bits per heavy atom. The SMILES string of the molecule is C=Cc1ccc(CC)c(CC)c1N(CCCC)CCCC. The third-order valence-corrected chi connectivity index (χ3v) is 4.24. The molecule has 1 aromatic rings. The maximum absolute atomic E-state index is 4.04. The Kier molecular flexibility index (Phi) is 8.19. The van der Waals surface area contributed by atoms with Crippen LogP contribution in [0.15, 0.2) is 18.7 Å². The van der Waals surface area contributed by atoms with Crippen LogP contribution in [0.5, 0.6) is 0 Å². The molecule has 21 heavy (non-hydrogen) atoms. The fourth-order valence-electron chi connectivity index (χ4n) is 2.99. The summed E-state index contributed by atoms with van der Waals surface area (Å²) in [7, 11) is 0. The van der Waals surface area contributed by atoms with Gasteiger partial charge in [-0.1, -0.05) is 65.3 Å². The standard InChI is InChI=1S/C20H33N/c1-6-11-15-21(16-12-7-2)20-18(9-4)14-13-17(8-3)19(20)10-5/h9,13-14H,4,6-8,10-12,15-16H2,1-3,5H3. The highest BCUT2D eigenvalue weighted by Crippen LogP contribution is 2.31. The second-order valence-corrected chi connectivity index (χ2v) is 5.75. The lowest BCUT2D eigenvalue weighted by molar-refractivity contribution is 0.674. The van der Waals surface area contributed by atoms with Crippen molar-refractivity contribution >= 4 is 11.8 Å². The fourth-order valence-corrected chi connectivity index (χ4v) is 2.99. The summed E-state index contributed by atoms with van der Waals surface area (Å²) in [5.41, 5.74) is 5.78. The van der Waals surface area contributed by atoms with Gasteiger partial charge in [-0.15, -0.1) is 0 Å². The maximum atomic E-state index is 4.04. The largest absolute Gasteiger partial charge is 0.371 e. The molecule has 0 spiro atoms. The molecule has 0 heterocycles. The maximum Gasteiger partial charge on any atom is 0.0474 e. The van der Waals surface area contributed by atoms with Gasteiger partial charge in [0.15, 0.2) is 0 Å². The van der Waals surface area contributed by atoms with Crippen LogP contribution in [0.1, 0.15) is 70.1 Å². The summed E-state index contributed by atoms with van der Waals surface area (Å²) >= 11 is 0. The lowest BCUT2D eigenvalue weighted by Crippen LogP contribution is -2.28. The van der Waals surface area contributed by atoms with Gasteiger partial charge < -0.3 is 4.90 Å². The van der Waals surface area contributed by atoms with Gasteiger partial charge in [-0.25, -0.2) is 0 Å². The van der Waals surface area contributed by atoms with E-state index >= 15 is 0 Å². The highest BCUT2D eigenvalue weighted by Gasteiger charge is 2.15. The molecule has 1 rings (SSSR count). The monoisotopic (exact) mass is 287 g/mol. The van der Waals surface area contributed by atoms with Crippen molar-refractivity contribution in [1.82, 2.24) is 0 Å². The number of benzene rings is 1. The van der Waals surface area contributed by atoms with Crippen LogP contribution < -0.4 is 4.90 Å². The predicted molar refractivity (Wildman–Crippen MR) is 97.3 cm³/mol. The zero-order valence-electron chi connectivity index (χ0n) is 14.5. The number of anilines is 1. The summed E-state index contributed by atoms with van der Waals surface area (Å²) in [6.45, 7) is 15.5. The molecular weight excluding hydrogens is 254 g/mol. The first kappa shape index (κ1) is 17.8. The summed E-state index contributed by atoms with van der Waals surface area (Å²) < 4.78 is 0. The number of rotatable bonds is 10. The first-order valence-corrected chi connectivity index (χ1v) is 8.75. The van der Waals surface area contributed by atoms with Crippen LogP contribution in [0.3, 0.4) is 0 Å². The number of hydrogen-bond donors (Lipinski definition) is 0. The van der Waals surface area contributed by atoms with Crippen LogP contribution in [-0.4, -0.2) is 13.1 Å². The lowest BCUT2D eigenvalue weighted by Gasteiger charge is -2.30. The average molecular weight is 287 g/mol. The van der Waals surface area contributed by atoms with Crippen LogP contribution in [0.25, 0.3) is 6.08 Å². The minimum atomic E-state index is 1.11. The van der Waals surface area contributed by atoms with Crippen LogP contribution in [0, 0.1) is 0 Å². The highest BCUT2D eigenvalue weighted by atomic mass is 15.1. The van der Waals surface area contributed by atoms with E-state index in [1.54, 1.807) is 0 Å². The second kappa shape index (κ2) is 9.65. The van der Waals surface area contributed by atoms with Gasteiger partial charge >= 0.3 is 0 Å². The summed E-state index contributed by atoms with van der Waals surface area (Å²) in [5.74, 6) is 0. The van der Waals surface area contributed by atoms with Gasteiger partial charge in [-0.05, 0) is 42.4 Å². The van der Waals surface area contributed by atoms with E-state index in [0.717, 1.165) is 25.9 Å². The lowest BCUT2D eigenvalue weighted by atomic mass is 9.95. The van der Waals surface area contributed by atoms with Crippen LogP contribution in [0.4, 0.5) is 5.69 Å². The third kappa shape index (κ3) is 4.62. The molecule has 0 aliphatic carbocycles. The number of unbranched alkanes of at least 4 members (excludes halogenated alkanes) is 2. The molecule has 0 saturated heterocycles. The van der Waals surface area contributed by atoms with Gasteiger partial charge in [0.05, 0.1) is 0 Å². The molecule has 0 saturated carbocycles. The first-order valence-electron chi connectivity index (χ1n) is 8.75. The third-order valence-electron chi connectivity index (χ3n) is 4.24. The number of nitrogens with zero attached hydrogens (tertiary/aromatic N) is 1. The molecule has 0 bridgehead atoms. The smallest absolute Gasteiger partial charge is 0.0474 e. The van der Waals surface area contributed by atoms with E-state index in [1.165, 1.54) is 48.1 Å². The van der Waals surface area contributed by atoms with E-state index in [9.17, 15) is 0 Å². The van der Waals surface area contributed by atoms with Gasteiger partial charge in [0.1, 0.15) is 0 Å². The Labute approximate surface area is 132 Å². The summed E-state index contributed by atoms with van der Waals surface area (Å²) in [6.07, 6.45) is 9.28. The number of hydrogen-bond acceptors (Lipinski definition) is 1. The quantitative estimate of drug-likeness (QED) is 0.521. The van der Waals surface area contributed by atoms with Crippen molar-refractivity contribution in [3.05, 3.63) is 35.4 Å². The highest BCUT2D eigenvalue weighted by molar-refractivity contribution is 5.72. The van der Waals surface area contributed by atoms with Crippen molar-refractivity contribution in [3.63, 3.8) is 0 Å². The Balaban J connectivity index is 3.26. The molecule has 0 unspecified atom stereocenters. The molecule has 1 nitrogen and oxygen atoms in total. The van der Waals surface area contributed by atoms with E-state index in [1.807, 2.05) is 6.08 Å². The topological polar surface area (TPSA) is 3.24 Å². The van der Waals surface area contributed by atoms with E-state index in [2.05, 4.69) is 51.3 Å². The molecule has 0 aliphatic heterocycles. The van der Waals surface area contributed by atoms with Crippen molar-refractivity contribution in [2.45, 2.75) is 66.2 Å². The Morgan fingerprint density at radius 1 is 0.952 bits per heavy atom. The molecule has 0 N–H and O–H groups in total. The molecular formula is C20H33N. The first-order chi connectivity index (χ1) is 10.2. The summed E-state index contributed by atoms with van der Waals surface area (Å²) in [5, 5.41) is 0. The van der Waals surface area contributed by atoms with Gasteiger partial charge in [-0.2, -0.15) is 0 Å². The predicted octanol–water partition coefficient (Wildman–Crippen LogP) is 5.86. The van der Waals surface area contributed by atoms with Crippen LogP contribution in [-0.2, 0) is 12.8 Å². The minimum absolute atomic E-state index is 1.11. The molecule has 118 valence electrons. The molecule has 1 aromatic carbocycles. The summed E-state index contributed by atoms with van der Waals surface area (Å²) in [4.78, 5) is 2.61. The molecule has 0 radical (unpaired) electrons. The second-order valence-electron chi connectivity index (χ2n) is 5.75. The minimum Gasteiger partial charge on any atom is -0.371 e. The molecule has 0 amide bonds. The van der Waals surface area contributed by atoms with E-state index in [0.29, 0.717) is 0 Å². The van der Waals surface area contributed by atoms with Gasteiger partial charge in [0.25, 0.3) is 0 Å². The fraction of sp³-hybridized carbons (Fsp3) is 0.600. The van der Waals surface area contributed by atoms with Gasteiger partial charge in [0.2, 0.25) is 0 Å². The Bertz CT molecular complexity index is 426. The Hall–Kier alpha value is -1.24. The molecule has 0 aliphatic rings. The van der Waals surface area contributed by atoms with E-state index < -0.39 is 0 Å². The van der Waals surface area contributed by atoms with Crippen molar-refractivity contribution < 1.29 is 0 Å². The molecule has 0 aromatic heterocycles. The molecule has 1 heteroatoms. The normalized spacial score (nSPS) is 10.7. The Morgan fingerprint density at radius 2 is 1.57 bits per heavy atom. The van der Waals surface area contributed by atoms with Gasteiger partial charge in [0, 0.05) is 18.8 Å². The van der Waals surface area contributed by atoms with Crippen LogP contribution in [0.2, 0.25) is 0 Å². The van der Waals surface area contributed by atoms with Crippen molar-refractivity contribution in [3.8, 4) is 0 Å². The number of aryl methyl sites for hydroxylation is 1. The van der Waals surface area contributed by atoms with Crippen molar-refractivity contribution in [2.24, 2.45) is 0 Å². The average Bonchev–Trinajstić information content (AvgIpc) is 2.53. The van der Waals surface area contributed by atoms with E-state index in [4.69, 9.17) is 0 Å². The van der Waals surface area contributed by atoms with Crippen molar-refractivity contribution in [2.75, 3.05) is 18.0 Å². The summed E-state index contributed by atoms with van der Waals surface area (Å²) in [6, 6.07) is 4.54.